The summed E-state index contributed by atoms with van der Waals surface area (Å²) in [6.45, 7) is 4.29. The Kier molecular flexibility index (Phi) is 35.9. The monoisotopic (exact) mass is 622 g/mol. The largest absolute Gasteiger partial charge is 0.394 e. The first-order chi connectivity index (χ1) is 21.7. The Hall–Kier alpha value is -0.870. The van der Waals surface area contributed by atoms with Crippen LogP contribution in [0.1, 0.15) is 219 Å². The van der Waals surface area contributed by atoms with Crippen LogP contribution in [0.15, 0.2) is 12.2 Å². The number of hydrogen-bond donors (Lipinski definition) is 3. The van der Waals surface area contributed by atoms with Crippen molar-refractivity contribution in [2.45, 2.75) is 231 Å². The minimum Gasteiger partial charge on any atom is -0.394 e. The topological polar surface area (TPSA) is 69.6 Å². The number of unbranched alkanes of at least 4 members (excludes halogenated alkanes) is 29. The lowest BCUT2D eigenvalue weighted by Gasteiger charge is -2.20. The molecule has 0 aliphatic carbocycles. The van der Waals surface area contributed by atoms with Gasteiger partial charge in [-0.1, -0.05) is 206 Å². The van der Waals surface area contributed by atoms with E-state index in [0.717, 1.165) is 25.7 Å². The number of amides is 1. The van der Waals surface area contributed by atoms with Gasteiger partial charge in [-0.2, -0.15) is 0 Å². The van der Waals surface area contributed by atoms with Crippen LogP contribution in [0.4, 0.5) is 0 Å². The molecule has 0 saturated heterocycles. The average molecular weight is 622 g/mol. The Morgan fingerprint density at radius 3 is 1.18 bits per heavy atom. The first kappa shape index (κ1) is 43.1. The van der Waals surface area contributed by atoms with Crippen molar-refractivity contribution < 1.29 is 15.0 Å². The van der Waals surface area contributed by atoms with E-state index < -0.39 is 12.1 Å². The molecule has 0 heterocycles. The van der Waals surface area contributed by atoms with E-state index in [4.69, 9.17) is 0 Å². The van der Waals surface area contributed by atoms with Crippen molar-refractivity contribution in [2.75, 3.05) is 6.61 Å². The normalized spacial score (nSPS) is 13.1. The Balaban J connectivity index is 3.46. The Morgan fingerprint density at radius 1 is 0.523 bits per heavy atom. The van der Waals surface area contributed by atoms with Crippen molar-refractivity contribution in [3.05, 3.63) is 12.2 Å². The van der Waals surface area contributed by atoms with Crippen LogP contribution in [0.2, 0.25) is 0 Å². The number of rotatable bonds is 36. The van der Waals surface area contributed by atoms with Crippen LogP contribution in [-0.2, 0) is 4.79 Å². The fraction of sp³-hybridized carbons (Fsp3) is 0.925. The molecular weight excluding hydrogens is 542 g/mol. The maximum absolute atomic E-state index is 12.3. The predicted molar refractivity (Wildman–Crippen MR) is 193 cm³/mol. The highest BCUT2D eigenvalue weighted by atomic mass is 16.3. The molecule has 2 unspecified atom stereocenters. The van der Waals surface area contributed by atoms with Crippen LogP contribution in [0, 0.1) is 0 Å². The van der Waals surface area contributed by atoms with Crippen molar-refractivity contribution in [2.24, 2.45) is 0 Å². The van der Waals surface area contributed by atoms with E-state index in [0.29, 0.717) is 6.42 Å². The van der Waals surface area contributed by atoms with Gasteiger partial charge in [0.2, 0.25) is 5.91 Å². The maximum atomic E-state index is 12.3. The first-order valence-corrected chi connectivity index (χ1v) is 19.9. The molecule has 2 atom stereocenters. The highest BCUT2D eigenvalue weighted by molar-refractivity contribution is 5.76. The number of nitrogens with one attached hydrogen (secondary N) is 1. The van der Waals surface area contributed by atoms with E-state index in [2.05, 4.69) is 19.2 Å². The van der Waals surface area contributed by atoms with E-state index in [1.807, 2.05) is 6.08 Å². The zero-order valence-electron chi connectivity index (χ0n) is 29.9. The summed E-state index contributed by atoms with van der Waals surface area (Å²) >= 11 is 0. The summed E-state index contributed by atoms with van der Waals surface area (Å²) < 4.78 is 0. The second-order valence-corrected chi connectivity index (χ2v) is 13.7. The molecule has 0 fully saturated rings. The zero-order valence-corrected chi connectivity index (χ0v) is 29.9. The van der Waals surface area contributed by atoms with E-state index in [1.54, 1.807) is 6.08 Å². The second kappa shape index (κ2) is 36.6. The molecule has 1 amide bonds. The molecule has 4 nitrogen and oxygen atoms in total. The second-order valence-electron chi connectivity index (χ2n) is 13.7. The van der Waals surface area contributed by atoms with Gasteiger partial charge in [0.1, 0.15) is 0 Å². The fourth-order valence-electron chi connectivity index (χ4n) is 6.18. The first-order valence-electron chi connectivity index (χ1n) is 19.9. The molecule has 0 rings (SSSR count). The smallest absolute Gasteiger partial charge is 0.220 e. The standard InChI is InChI=1S/C40H79NO3/c1-3-5-7-9-11-13-14-15-16-17-18-19-20-21-22-23-24-25-26-28-30-32-34-36-40(44)41-38(37-42)39(43)35-33-31-29-27-12-10-8-6-4-2/h33,35,38-39,42-43H,3-32,34,36-37H2,1-2H3,(H,41,44)/b35-33+. The third kappa shape index (κ3) is 32.5. The highest BCUT2D eigenvalue weighted by Crippen LogP contribution is 2.16. The van der Waals surface area contributed by atoms with Gasteiger partial charge in [-0.3, -0.25) is 4.79 Å². The Labute approximate surface area is 276 Å². The van der Waals surface area contributed by atoms with Crippen molar-refractivity contribution in [3.63, 3.8) is 0 Å². The van der Waals surface area contributed by atoms with Gasteiger partial charge in [-0.15, -0.1) is 0 Å². The summed E-state index contributed by atoms with van der Waals surface area (Å²) in [5.41, 5.74) is 0. The van der Waals surface area contributed by atoms with E-state index in [-0.39, 0.29) is 12.5 Å². The van der Waals surface area contributed by atoms with Crippen molar-refractivity contribution in [3.8, 4) is 0 Å². The summed E-state index contributed by atoms with van der Waals surface area (Å²) in [6.07, 6.45) is 44.6. The number of allylic oxidation sites excluding steroid dienone is 1. The van der Waals surface area contributed by atoms with Crippen LogP contribution in [0.3, 0.4) is 0 Å². The maximum Gasteiger partial charge on any atom is 0.220 e. The van der Waals surface area contributed by atoms with Crippen molar-refractivity contribution in [1.82, 2.24) is 5.32 Å². The fourth-order valence-corrected chi connectivity index (χ4v) is 6.18. The van der Waals surface area contributed by atoms with E-state index in [1.165, 1.54) is 173 Å². The quantitative estimate of drug-likeness (QED) is 0.0481. The summed E-state index contributed by atoms with van der Waals surface area (Å²) in [5, 5.41) is 22.8. The summed E-state index contributed by atoms with van der Waals surface area (Å²) in [7, 11) is 0. The number of carbonyl (C=O) groups excluding carboxylic acids is 1. The lowest BCUT2D eigenvalue weighted by atomic mass is 10.0. The van der Waals surface area contributed by atoms with Gasteiger partial charge in [0.05, 0.1) is 18.8 Å². The minimum absolute atomic E-state index is 0.0629. The van der Waals surface area contributed by atoms with Crippen LogP contribution in [0.5, 0.6) is 0 Å². The summed E-state index contributed by atoms with van der Waals surface area (Å²) in [6, 6.07) is -0.614. The third-order valence-corrected chi connectivity index (χ3v) is 9.27. The molecule has 4 heteroatoms. The molecule has 0 aromatic carbocycles. The van der Waals surface area contributed by atoms with Crippen LogP contribution >= 0.6 is 0 Å². The summed E-state index contributed by atoms with van der Waals surface area (Å²) in [5.74, 6) is -0.0629. The Morgan fingerprint density at radius 2 is 0.841 bits per heavy atom. The highest BCUT2D eigenvalue weighted by Gasteiger charge is 2.17. The molecule has 0 aromatic heterocycles. The molecule has 0 radical (unpaired) electrons. The number of carbonyl (C=O) groups is 1. The van der Waals surface area contributed by atoms with Gasteiger partial charge in [-0.05, 0) is 19.3 Å². The lowest BCUT2D eigenvalue weighted by Crippen LogP contribution is -2.45. The molecule has 262 valence electrons. The van der Waals surface area contributed by atoms with E-state index >= 15 is 0 Å². The number of aliphatic hydroxyl groups is 2. The van der Waals surface area contributed by atoms with Crippen LogP contribution < -0.4 is 5.32 Å². The molecule has 3 N–H and O–H groups in total. The van der Waals surface area contributed by atoms with Gasteiger partial charge < -0.3 is 15.5 Å². The molecule has 0 aliphatic rings. The van der Waals surface area contributed by atoms with Gasteiger partial charge >= 0.3 is 0 Å². The summed E-state index contributed by atoms with van der Waals surface area (Å²) in [4.78, 5) is 12.3. The number of aliphatic hydroxyl groups excluding tert-OH is 2. The molecule has 0 saturated carbocycles. The predicted octanol–water partition coefficient (Wildman–Crippen LogP) is 11.9. The number of hydrogen-bond acceptors (Lipinski definition) is 3. The SMILES string of the molecule is CCCCCCCCC/C=C/C(O)C(CO)NC(=O)CCCCCCCCCCCCCCCCCCCCCCCCC. The molecule has 0 aromatic rings. The molecule has 0 aliphatic heterocycles. The van der Waals surface area contributed by atoms with Crippen LogP contribution in [-0.4, -0.2) is 34.9 Å². The zero-order chi connectivity index (χ0) is 32.2. The van der Waals surface area contributed by atoms with E-state index in [9.17, 15) is 15.0 Å². The van der Waals surface area contributed by atoms with Gasteiger partial charge in [0, 0.05) is 6.42 Å². The third-order valence-electron chi connectivity index (χ3n) is 9.27. The van der Waals surface area contributed by atoms with Gasteiger partial charge in [0.15, 0.2) is 0 Å². The molecule has 44 heavy (non-hydrogen) atoms. The lowest BCUT2D eigenvalue weighted by molar-refractivity contribution is -0.123. The van der Waals surface area contributed by atoms with Crippen molar-refractivity contribution in [1.29, 1.82) is 0 Å². The van der Waals surface area contributed by atoms with Gasteiger partial charge in [-0.25, -0.2) is 0 Å². The van der Waals surface area contributed by atoms with Gasteiger partial charge in [0.25, 0.3) is 0 Å². The molecular formula is C40H79NO3. The molecule has 0 bridgehead atoms. The minimum atomic E-state index is -0.831. The van der Waals surface area contributed by atoms with Crippen LogP contribution in [0.25, 0.3) is 0 Å². The Bertz CT molecular complexity index is 593. The molecule has 0 spiro atoms. The van der Waals surface area contributed by atoms with Crippen molar-refractivity contribution >= 4 is 5.91 Å². The average Bonchev–Trinajstić information content (AvgIpc) is 3.03.